The number of carbonyl (C=O) groups excluding carboxylic acids is 1. The Hall–Kier alpha value is -3.10. The summed E-state index contributed by atoms with van der Waals surface area (Å²) in [6.45, 7) is 1.03. The molecule has 0 spiro atoms. The Bertz CT molecular complexity index is 873. The Morgan fingerprint density at radius 2 is 2.12 bits per heavy atom. The zero-order chi connectivity index (χ0) is 18.9. The van der Waals surface area contributed by atoms with Crippen molar-refractivity contribution < 1.29 is 22.7 Å². The number of amides is 1. The smallest absolute Gasteiger partial charge is 0.283 e. The average molecular weight is 364 g/mol. The zero-order valence-electron chi connectivity index (χ0n) is 13.7. The summed E-state index contributed by atoms with van der Waals surface area (Å²) in [5, 5.41) is 2.50. The van der Waals surface area contributed by atoms with Gasteiger partial charge in [0, 0.05) is 11.3 Å². The van der Waals surface area contributed by atoms with Gasteiger partial charge in [0.2, 0.25) is 0 Å². The van der Waals surface area contributed by atoms with Crippen LogP contribution < -0.4 is 11.1 Å². The Balaban J connectivity index is 1.92. The number of aliphatic imine (C=N–C) groups is 1. The van der Waals surface area contributed by atoms with Crippen LogP contribution >= 0.6 is 0 Å². The van der Waals surface area contributed by atoms with Crippen molar-refractivity contribution in [1.82, 2.24) is 4.98 Å². The van der Waals surface area contributed by atoms with E-state index >= 15 is 0 Å². The molecule has 1 aliphatic rings. The van der Waals surface area contributed by atoms with E-state index in [1.54, 1.807) is 0 Å². The summed E-state index contributed by atoms with van der Waals surface area (Å²) in [4.78, 5) is 19.7. The number of nitrogens with two attached hydrogens (primary N) is 1. The number of alkyl halides is 1. The molecule has 0 bridgehead atoms. The molecule has 3 rings (SSSR count). The van der Waals surface area contributed by atoms with Gasteiger partial charge in [-0.05, 0) is 37.3 Å². The molecule has 1 amide bonds. The second kappa shape index (κ2) is 6.66. The first-order valence-corrected chi connectivity index (χ1v) is 7.65. The van der Waals surface area contributed by atoms with Crippen LogP contribution in [0.15, 0.2) is 41.5 Å². The molecule has 1 aromatic heterocycles. The fourth-order valence-corrected chi connectivity index (χ4v) is 2.58. The Morgan fingerprint density at radius 1 is 1.35 bits per heavy atom. The molecule has 3 N–H and O–H groups in total. The number of amidine groups is 1. The van der Waals surface area contributed by atoms with Crippen molar-refractivity contribution in [3.05, 3.63) is 59.4 Å². The lowest BCUT2D eigenvalue weighted by Gasteiger charge is -2.33. The Labute approximate surface area is 146 Å². The molecule has 0 radical (unpaired) electrons. The fraction of sp³-hybridized carbons (Fsp3) is 0.235. The maximum atomic E-state index is 14.4. The number of nitrogens with zero attached hydrogens (tertiary/aromatic N) is 2. The van der Waals surface area contributed by atoms with Gasteiger partial charge in [-0.15, -0.1) is 0 Å². The van der Waals surface area contributed by atoms with E-state index in [2.05, 4.69) is 15.3 Å². The van der Waals surface area contributed by atoms with Crippen molar-refractivity contribution in [3.63, 3.8) is 0 Å². The van der Waals surface area contributed by atoms with E-state index < -0.39 is 29.3 Å². The van der Waals surface area contributed by atoms with Crippen molar-refractivity contribution in [2.75, 3.05) is 11.9 Å². The number of benzene rings is 1. The van der Waals surface area contributed by atoms with Crippen LogP contribution in [-0.4, -0.2) is 29.7 Å². The molecule has 0 saturated carbocycles. The molecule has 1 aliphatic heterocycles. The summed E-state index contributed by atoms with van der Waals surface area (Å²) in [7, 11) is 0. The quantitative estimate of drug-likeness (QED) is 0.876. The summed E-state index contributed by atoms with van der Waals surface area (Å²) < 4.78 is 46.4. The second-order valence-corrected chi connectivity index (χ2v) is 5.89. The van der Waals surface area contributed by atoms with E-state index in [9.17, 15) is 18.0 Å². The van der Waals surface area contributed by atoms with Crippen LogP contribution in [0.1, 0.15) is 23.0 Å². The van der Waals surface area contributed by atoms with Gasteiger partial charge in [-0.2, -0.15) is 0 Å². The van der Waals surface area contributed by atoms with E-state index in [0.29, 0.717) is 0 Å². The Kier molecular flexibility index (Phi) is 4.54. The van der Waals surface area contributed by atoms with Crippen LogP contribution in [-0.2, 0) is 10.3 Å². The van der Waals surface area contributed by atoms with E-state index in [-0.39, 0.29) is 29.6 Å². The highest BCUT2D eigenvalue weighted by Crippen LogP contribution is 2.37. The predicted octanol–water partition coefficient (Wildman–Crippen LogP) is 2.51. The molecule has 9 heteroatoms. The van der Waals surface area contributed by atoms with Crippen LogP contribution in [0.4, 0.5) is 18.9 Å². The van der Waals surface area contributed by atoms with Gasteiger partial charge in [0.05, 0.1) is 6.20 Å². The molecule has 136 valence electrons. The van der Waals surface area contributed by atoms with Crippen LogP contribution in [0.5, 0.6) is 0 Å². The van der Waals surface area contributed by atoms with Crippen LogP contribution in [0.3, 0.4) is 0 Å². The number of ether oxygens (including phenoxy) is 1. The lowest BCUT2D eigenvalue weighted by molar-refractivity contribution is 0.0923. The fourth-order valence-electron chi connectivity index (χ4n) is 2.58. The standard InChI is InChI=1S/C17H15F3N4O2/c1-17(14(20)8-26-16(21)24-17)11-6-10(3-4-12(11)19)23-15(25)13-5-2-9(18)7-22-13/h2-7,14H,8H2,1H3,(H2,21,24)(H,23,25)/t14-,17+/m0/s1. The minimum atomic E-state index is -1.63. The minimum Gasteiger partial charge on any atom is -0.462 e. The number of hydrogen-bond acceptors (Lipinski definition) is 5. The number of hydrogen-bond donors (Lipinski definition) is 2. The minimum absolute atomic E-state index is 0.0276. The van der Waals surface area contributed by atoms with Gasteiger partial charge in [0.25, 0.3) is 11.9 Å². The molecule has 2 atom stereocenters. The van der Waals surface area contributed by atoms with Crippen LogP contribution in [0.2, 0.25) is 0 Å². The van der Waals surface area contributed by atoms with Crippen LogP contribution in [0, 0.1) is 11.6 Å². The first kappa shape index (κ1) is 17.7. The van der Waals surface area contributed by atoms with E-state index in [0.717, 1.165) is 18.3 Å². The summed E-state index contributed by atoms with van der Waals surface area (Å²) >= 11 is 0. The topological polar surface area (TPSA) is 89.6 Å². The van der Waals surface area contributed by atoms with Crippen molar-refractivity contribution in [3.8, 4) is 0 Å². The van der Waals surface area contributed by atoms with Gasteiger partial charge in [0.1, 0.15) is 29.5 Å². The molecule has 2 aromatic rings. The lowest BCUT2D eigenvalue weighted by Crippen LogP contribution is -2.43. The first-order valence-electron chi connectivity index (χ1n) is 7.65. The maximum Gasteiger partial charge on any atom is 0.283 e. The van der Waals surface area contributed by atoms with Gasteiger partial charge >= 0.3 is 0 Å². The third kappa shape index (κ3) is 3.32. The second-order valence-electron chi connectivity index (χ2n) is 5.89. The largest absolute Gasteiger partial charge is 0.462 e. The highest BCUT2D eigenvalue weighted by Gasteiger charge is 2.42. The van der Waals surface area contributed by atoms with Crippen molar-refractivity contribution in [2.24, 2.45) is 10.7 Å². The number of halogens is 3. The third-order valence-electron chi connectivity index (χ3n) is 4.06. The number of anilines is 1. The zero-order valence-corrected chi connectivity index (χ0v) is 13.7. The molecular formula is C17H15F3N4O2. The number of aromatic nitrogens is 1. The van der Waals surface area contributed by atoms with E-state index in [1.165, 1.54) is 25.1 Å². The summed E-state index contributed by atoms with van der Waals surface area (Å²) in [6.07, 6.45) is -0.728. The number of carbonyl (C=O) groups is 1. The SMILES string of the molecule is C[C@]1(c2cc(NC(=O)c3ccc(F)cn3)ccc2F)N=C(N)OC[C@@H]1F. The molecule has 0 saturated heterocycles. The van der Waals surface area contributed by atoms with Gasteiger partial charge in [-0.3, -0.25) is 4.79 Å². The van der Waals surface area contributed by atoms with Gasteiger partial charge in [-0.25, -0.2) is 23.1 Å². The van der Waals surface area contributed by atoms with Gasteiger partial charge in [0.15, 0.2) is 6.17 Å². The monoisotopic (exact) mass is 364 g/mol. The maximum absolute atomic E-state index is 14.4. The average Bonchev–Trinajstić information content (AvgIpc) is 2.60. The van der Waals surface area contributed by atoms with Crippen LogP contribution in [0.25, 0.3) is 0 Å². The summed E-state index contributed by atoms with van der Waals surface area (Å²) in [5.41, 5.74) is 3.99. The highest BCUT2D eigenvalue weighted by atomic mass is 19.1. The molecule has 1 aromatic carbocycles. The third-order valence-corrected chi connectivity index (χ3v) is 4.06. The molecule has 0 aliphatic carbocycles. The molecular weight excluding hydrogens is 349 g/mol. The Morgan fingerprint density at radius 3 is 2.81 bits per heavy atom. The number of pyridine rings is 1. The molecule has 0 unspecified atom stereocenters. The lowest BCUT2D eigenvalue weighted by atomic mass is 9.86. The molecule has 2 heterocycles. The first-order chi connectivity index (χ1) is 12.3. The van der Waals surface area contributed by atoms with Gasteiger partial charge < -0.3 is 15.8 Å². The normalized spacial score (nSPS) is 22.3. The molecule has 26 heavy (non-hydrogen) atoms. The van der Waals surface area contributed by atoms with E-state index in [1.807, 2.05) is 0 Å². The van der Waals surface area contributed by atoms with Crippen molar-refractivity contribution in [1.29, 1.82) is 0 Å². The van der Waals surface area contributed by atoms with Crippen molar-refractivity contribution in [2.45, 2.75) is 18.6 Å². The number of rotatable bonds is 3. The summed E-state index contributed by atoms with van der Waals surface area (Å²) in [6, 6.07) is 5.71. The number of nitrogens with one attached hydrogen (secondary N) is 1. The summed E-state index contributed by atoms with van der Waals surface area (Å²) in [5.74, 6) is -1.91. The van der Waals surface area contributed by atoms with Gasteiger partial charge in [-0.1, -0.05) is 0 Å². The van der Waals surface area contributed by atoms with E-state index in [4.69, 9.17) is 10.5 Å². The predicted molar refractivity (Wildman–Crippen MR) is 88.4 cm³/mol. The van der Waals surface area contributed by atoms with Crippen molar-refractivity contribution >= 4 is 17.6 Å². The molecule has 6 nitrogen and oxygen atoms in total. The highest BCUT2D eigenvalue weighted by molar-refractivity contribution is 6.02. The molecule has 0 fully saturated rings.